The lowest BCUT2D eigenvalue weighted by Gasteiger charge is -2.15. The van der Waals surface area contributed by atoms with E-state index in [1.807, 2.05) is 38.1 Å². The number of hydrogen-bond acceptors (Lipinski definition) is 3. The summed E-state index contributed by atoms with van der Waals surface area (Å²) in [4.78, 5) is 0. The molecule has 1 atom stereocenters. The number of nitriles is 1. The van der Waals surface area contributed by atoms with Gasteiger partial charge in [-0.15, -0.1) is 0 Å². The summed E-state index contributed by atoms with van der Waals surface area (Å²) in [5, 5.41) is 18.3. The van der Waals surface area contributed by atoms with E-state index in [2.05, 4.69) is 6.07 Å². The Hall–Kier alpha value is -1.53. The molecule has 0 aromatic heterocycles. The molecule has 1 aromatic rings. The molecule has 0 unspecified atom stereocenters. The van der Waals surface area contributed by atoms with Crippen LogP contribution in [0.1, 0.15) is 45.3 Å². The van der Waals surface area contributed by atoms with Crippen LogP contribution in [0.5, 0.6) is 5.75 Å². The van der Waals surface area contributed by atoms with Gasteiger partial charge in [0.2, 0.25) is 0 Å². The van der Waals surface area contributed by atoms with Crippen molar-refractivity contribution in [1.29, 1.82) is 5.26 Å². The molecule has 0 amide bonds. The van der Waals surface area contributed by atoms with E-state index in [0.717, 1.165) is 24.2 Å². The van der Waals surface area contributed by atoms with Gasteiger partial charge in [-0.1, -0.05) is 12.1 Å². The first-order chi connectivity index (χ1) is 8.44. The van der Waals surface area contributed by atoms with E-state index in [4.69, 9.17) is 10.00 Å². The molecular weight excluding hydrogens is 226 g/mol. The minimum Gasteiger partial charge on any atom is -0.494 e. The van der Waals surface area contributed by atoms with Crippen molar-refractivity contribution in [3.8, 4) is 11.8 Å². The summed E-state index contributed by atoms with van der Waals surface area (Å²) in [7, 11) is 0. The highest BCUT2D eigenvalue weighted by Gasteiger charge is 2.15. The fraction of sp³-hybridized carbons (Fsp3) is 0.533. The van der Waals surface area contributed by atoms with Crippen LogP contribution in [-0.2, 0) is 0 Å². The molecule has 0 aliphatic heterocycles. The normalized spacial score (nSPS) is 12.8. The Bertz CT molecular complexity index is 401. The van der Waals surface area contributed by atoms with Crippen LogP contribution in [0.4, 0.5) is 0 Å². The molecule has 3 heteroatoms. The Morgan fingerprint density at radius 2 is 1.94 bits per heavy atom. The molecule has 0 saturated carbocycles. The maximum Gasteiger partial charge on any atom is 0.119 e. The first-order valence-electron chi connectivity index (χ1n) is 6.27. The second-order valence-corrected chi connectivity index (χ2v) is 5.19. The predicted molar refractivity (Wildman–Crippen MR) is 71.2 cm³/mol. The van der Waals surface area contributed by atoms with Gasteiger partial charge in [-0.25, -0.2) is 0 Å². The minimum absolute atomic E-state index is 0.278. The Morgan fingerprint density at radius 1 is 1.33 bits per heavy atom. The molecule has 3 nitrogen and oxygen atoms in total. The SMILES string of the molecule is C[C@@H](O)c1ccc(OCCCC(C)(C)C#N)cc1. The second-order valence-electron chi connectivity index (χ2n) is 5.19. The number of ether oxygens (including phenoxy) is 1. The molecule has 18 heavy (non-hydrogen) atoms. The maximum absolute atomic E-state index is 9.37. The molecule has 0 aliphatic rings. The van der Waals surface area contributed by atoms with Crippen molar-refractivity contribution in [3.63, 3.8) is 0 Å². The van der Waals surface area contributed by atoms with E-state index < -0.39 is 6.10 Å². The van der Waals surface area contributed by atoms with Crippen LogP contribution in [0.15, 0.2) is 24.3 Å². The van der Waals surface area contributed by atoms with Crippen LogP contribution in [0.3, 0.4) is 0 Å². The third kappa shape index (κ3) is 4.77. The Morgan fingerprint density at radius 3 is 2.44 bits per heavy atom. The smallest absolute Gasteiger partial charge is 0.119 e. The van der Waals surface area contributed by atoms with Gasteiger partial charge in [0.25, 0.3) is 0 Å². The number of nitrogens with zero attached hydrogens (tertiary/aromatic N) is 1. The molecule has 1 N–H and O–H groups in total. The monoisotopic (exact) mass is 247 g/mol. The molecule has 0 radical (unpaired) electrons. The fourth-order valence-electron chi connectivity index (χ4n) is 1.60. The number of rotatable bonds is 6. The highest BCUT2D eigenvalue weighted by molar-refractivity contribution is 5.28. The Labute approximate surface area is 109 Å². The van der Waals surface area contributed by atoms with Gasteiger partial charge in [-0.3, -0.25) is 0 Å². The average Bonchev–Trinajstić information content (AvgIpc) is 2.35. The first-order valence-corrected chi connectivity index (χ1v) is 6.27. The van der Waals surface area contributed by atoms with Crippen molar-refractivity contribution >= 4 is 0 Å². The lowest BCUT2D eigenvalue weighted by molar-refractivity contribution is 0.199. The molecule has 0 fully saturated rings. The number of hydrogen-bond donors (Lipinski definition) is 1. The van der Waals surface area contributed by atoms with E-state index in [0.29, 0.717) is 6.61 Å². The largest absolute Gasteiger partial charge is 0.494 e. The summed E-state index contributed by atoms with van der Waals surface area (Å²) in [5.41, 5.74) is 0.604. The number of aliphatic hydroxyl groups is 1. The van der Waals surface area contributed by atoms with Crippen molar-refractivity contribution in [1.82, 2.24) is 0 Å². The zero-order chi connectivity index (χ0) is 13.6. The first kappa shape index (κ1) is 14.5. The molecule has 1 aromatic carbocycles. The zero-order valence-corrected chi connectivity index (χ0v) is 11.3. The van der Waals surface area contributed by atoms with Crippen LogP contribution < -0.4 is 4.74 Å². The summed E-state index contributed by atoms with van der Waals surface area (Å²) in [6.45, 7) is 6.22. The lowest BCUT2D eigenvalue weighted by atomic mass is 9.90. The molecule has 98 valence electrons. The summed E-state index contributed by atoms with van der Waals surface area (Å²) < 4.78 is 5.59. The van der Waals surface area contributed by atoms with E-state index in [1.54, 1.807) is 6.92 Å². The van der Waals surface area contributed by atoms with E-state index in [1.165, 1.54) is 0 Å². The van der Waals surface area contributed by atoms with E-state index in [9.17, 15) is 5.11 Å². The quantitative estimate of drug-likeness (QED) is 0.783. The fourth-order valence-corrected chi connectivity index (χ4v) is 1.60. The number of aliphatic hydroxyl groups excluding tert-OH is 1. The third-order valence-electron chi connectivity index (χ3n) is 2.88. The van der Waals surface area contributed by atoms with Gasteiger partial charge in [-0.05, 0) is 51.3 Å². The summed E-state index contributed by atoms with van der Waals surface area (Å²) in [6.07, 6.45) is 1.24. The van der Waals surface area contributed by atoms with Gasteiger partial charge in [0.1, 0.15) is 5.75 Å². The number of benzene rings is 1. The molecule has 0 saturated heterocycles. The Kier molecular flexibility index (Phi) is 5.18. The summed E-state index contributed by atoms with van der Waals surface area (Å²) >= 11 is 0. The molecule has 0 spiro atoms. The summed E-state index contributed by atoms with van der Waals surface area (Å²) in [6, 6.07) is 9.71. The topological polar surface area (TPSA) is 53.2 Å². The average molecular weight is 247 g/mol. The molecule has 0 bridgehead atoms. The van der Waals surface area contributed by atoms with Gasteiger partial charge in [0.05, 0.1) is 24.2 Å². The molecule has 0 aliphatic carbocycles. The molecule has 1 rings (SSSR count). The summed E-state index contributed by atoms with van der Waals surface area (Å²) in [5.74, 6) is 0.800. The van der Waals surface area contributed by atoms with Crippen molar-refractivity contribution in [2.75, 3.05) is 6.61 Å². The van der Waals surface area contributed by atoms with Crippen molar-refractivity contribution in [2.45, 2.75) is 39.7 Å². The van der Waals surface area contributed by atoms with Crippen molar-refractivity contribution < 1.29 is 9.84 Å². The maximum atomic E-state index is 9.37. The highest BCUT2D eigenvalue weighted by atomic mass is 16.5. The van der Waals surface area contributed by atoms with Crippen LogP contribution in [0.25, 0.3) is 0 Å². The Balaban J connectivity index is 2.34. The van der Waals surface area contributed by atoms with Crippen LogP contribution in [0, 0.1) is 16.7 Å². The van der Waals surface area contributed by atoms with Crippen molar-refractivity contribution in [2.24, 2.45) is 5.41 Å². The zero-order valence-electron chi connectivity index (χ0n) is 11.3. The third-order valence-corrected chi connectivity index (χ3v) is 2.88. The van der Waals surface area contributed by atoms with E-state index in [-0.39, 0.29) is 5.41 Å². The second kappa shape index (κ2) is 6.42. The standard InChI is InChI=1S/C15H21NO2/c1-12(17)13-5-7-14(8-6-13)18-10-4-9-15(2,3)11-16/h5-8,12,17H,4,9-10H2,1-3H3/t12-/m1/s1. The van der Waals surface area contributed by atoms with Gasteiger partial charge in [-0.2, -0.15) is 5.26 Å². The van der Waals surface area contributed by atoms with Gasteiger partial charge >= 0.3 is 0 Å². The van der Waals surface area contributed by atoms with Gasteiger partial charge in [0.15, 0.2) is 0 Å². The molecular formula is C15H21NO2. The van der Waals surface area contributed by atoms with Crippen LogP contribution in [0.2, 0.25) is 0 Å². The van der Waals surface area contributed by atoms with Crippen LogP contribution >= 0.6 is 0 Å². The van der Waals surface area contributed by atoms with Crippen molar-refractivity contribution in [3.05, 3.63) is 29.8 Å². The van der Waals surface area contributed by atoms with Gasteiger partial charge < -0.3 is 9.84 Å². The lowest BCUT2D eigenvalue weighted by Crippen LogP contribution is -2.10. The molecule has 0 heterocycles. The van der Waals surface area contributed by atoms with Gasteiger partial charge in [0, 0.05) is 0 Å². The predicted octanol–water partition coefficient (Wildman–Crippen LogP) is 3.45. The van der Waals surface area contributed by atoms with E-state index >= 15 is 0 Å². The highest BCUT2D eigenvalue weighted by Crippen LogP contribution is 2.21. The van der Waals surface area contributed by atoms with Crippen LogP contribution in [-0.4, -0.2) is 11.7 Å². The minimum atomic E-state index is -0.449.